The van der Waals surface area contributed by atoms with Gasteiger partial charge in [0, 0.05) is 6.04 Å². The molecular weight excluding hydrogens is 263 g/mol. The highest BCUT2D eigenvalue weighted by molar-refractivity contribution is 5.49. The number of nitrogens with zero attached hydrogens (tertiary/aromatic N) is 1. The van der Waals surface area contributed by atoms with Crippen LogP contribution in [0, 0.1) is 28.5 Å². The summed E-state index contributed by atoms with van der Waals surface area (Å²) in [5.41, 5.74) is 1.30. The first-order valence-electron chi connectivity index (χ1n) is 7.92. The van der Waals surface area contributed by atoms with Crippen molar-refractivity contribution in [3.63, 3.8) is 0 Å². The van der Waals surface area contributed by atoms with Crippen molar-refractivity contribution in [1.29, 1.82) is 5.26 Å². The maximum absolute atomic E-state index is 13.9. The zero-order valence-corrected chi connectivity index (χ0v) is 13.2. The van der Waals surface area contributed by atoms with Crippen LogP contribution in [0.15, 0.2) is 18.2 Å². The number of hydrogen-bond acceptors (Lipinski definition) is 2. The van der Waals surface area contributed by atoms with E-state index in [1.54, 1.807) is 12.1 Å². The molecule has 21 heavy (non-hydrogen) atoms. The summed E-state index contributed by atoms with van der Waals surface area (Å²) in [6, 6.07) is 6.94. The third-order valence-corrected chi connectivity index (χ3v) is 5.20. The van der Waals surface area contributed by atoms with Gasteiger partial charge in [-0.25, -0.2) is 4.39 Å². The molecule has 1 aromatic rings. The summed E-state index contributed by atoms with van der Waals surface area (Å²) in [6.45, 7) is 6.97. The van der Waals surface area contributed by atoms with Gasteiger partial charge in [-0.05, 0) is 55.2 Å². The average molecular weight is 288 g/mol. The summed E-state index contributed by atoms with van der Waals surface area (Å²) in [5, 5.41) is 12.1. The van der Waals surface area contributed by atoms with Crippen molar-refractivity contribution in [3.8, 4) is 6.07 Å². The van der Waals surface area contributed by atoms with Crippen LogP contribution in [-0.4, -0.2) is 6.04 Å². The quantitative estimate of drug-likeness (QED) is 0.836. The lowest BCUT2D eigenvalue weighted by atomic mass is 9.69. The molecule has 0 radical (unpaired) electrons. The van der Waals surface area contributed by atoms with E-state index in [1.807, 2.05) is 6.07 Å². The lowest BCUT2D eigenvalue weighted by Crippen LogP contribution is -2.32. The molecule has 2 rings (SSSR count). The number of anilines is 1. The van der Waals surface area contributed by atoms with Crippen LogP contribution >= 0.6 is 0 Å². The van der Waals surface area contributed by atoms with Gasteiger partial charge in [0.1, 0.15) is 5.82 Å². The number of nitrogens with one attached hydrogen (secondary N) is 1. The van der Waals surface area contributed by atoms with Gasteiger partial charge in [-0.2, -0.15) is 5.26 Å². The van der Waals surface area contributed by atoms with E-state index in [2.05, 4.69) is 26.1 Å². The van der Waals surface area contributed by atoms with Crippen LogP contribution in [0.25, 0.3) is 0 Å². The summed E-state index contributed by atoms with van der Waals surface area (Å²) in [5.74, 6) is 0.441. The van der Waals surface area contributed by atoms with E-state index in [0.717, 1.165) is 18.8 Å². The standard InChI is InChI=1S/C18H25FN2/c1-4-18(2,3)14-6-8-15(9-7-14)21-17-10-5-13(12-20)11-16(17)19/h5,10-11,14-15,21H,4,6-9H2,1-3H3. The predicted octanol–water partition coefficient (Wildman–Crippen LogP) is 5.10. The largest absolute Gasteiger partial charge is 0.380 e. The van der Waals surface area contributed by atoms with E-state index >= 15 is 0 Å². The molecule has 1 saturated carbocycles. The zero-order chi connectivity index (χ0) is 15.5. The second kappa shape index (κ2) is 6.47. The van der Waals surface area contributed by atoms with Crippen molar-refractivity contribution in [1.82, 2.24) is 0 Å². The summed E-state index contributed by atoms with van der Waals surface area (Å²) in [4.78, 5) is 0. The van der Waals surface area contributed by atoms with Crippen molar-refractivity contribution < 1.29 is 4.39 Å². The number of halogens is 1. The van der Waals surface area contributed by atoms with E-state index in [4.69, 9.17) is 5.26 Å². The van der Waals surface area contributed by atoms with Gasteiger partial charge in [-0.1, -0.05) is 27.2 Å². The van der Waals surface area contributed by atoms with Crippen LogP contribution in [-0.2, 0) is 0 Å². The normalized spacial score (nSPS) is 22.6. The molecule has 0 saturated heterocycles. The van der Waals surface area contributed by atoms with Crippen LogP contribution < -0.4 is 5.32 Å². The second-order valence-corrected chi connectivity index (χ2v) is 6.84. The van der Waals surface area contributed by atoms with Gasteiger partial charge in [0.2, 0.25) is 0 Å². The fourth-order valence-corrected chi connectivity index (χ4v) is 3.23. The smallest absolute Gasteiger partial charge is 0.147 e. The Morgan fingerprint density at radius 2 is 1.95 bits per heavy atom. The SMILES string of the molecule is CCC(C)(C)C1CCC(Nc2ccc(C#N)cc2F)CC1. The topological polar surface area (TPSA) is 35.8 Å². The fourth-order valence-electron chi connectivity index (χ4n) is 3.23. The summed E-state index contributed by atoms with van der Waals surface area (Å²) < 4.78 is 13.9. The highest BCUT2D eigenvalue weighted by atomic mass is 19.1. The van der Waals surface area contributed by atoms with Crippen LogP contribution in [0.5, 0.6) is 0 Å². The minimum Gasteiger partial charge on any atom is -0.380 e. The molecule has 0 amide bonds. The van der Waals surface area contributed by atoms with E-state index < -0.39 is 0 Å². The molecule has 1 aromatic carbocycles. The monoisotopic (exact) mass is 288 g/mol. The van der Waals surface area contributed by atoms with Crippen molar-refractivity contribution >= 4 is 5.69 Å². The second-order valence-electron chi connectivity index (χ2n) is 6.84. The summed E-state index contributed by atoms with van der Waals surface area (Å²) in [6.07, 6.45) is 5.80. The van der Waals surface area contributed by atoms with Crippen molar-refractivity contribution in [2.75, 3.05) is 5.32 Å². The minimum atomic E-state index is -0.329. The van der Waals surface area contributed by atoms with Crippen LogP contribution in [0.4, 0.5) is 10.1 Å². The Bertz CT molecular complexity index is 523. The molecule has 1 fully saturated rings. The Labute approximate surface area is 127 Å². The highest BCUT2D eigenvalue weighted by Crippen LogP contribution is 2.41. The number of hydrogen-bond donors (Lipinski definition) is 1. The van der Waals surface area contributed by atoms with Crippen molar-refractivity contribution in [2.45, 2.75) is 58.9 Å². The first-order valence-corrected chi connectivity index (χ1v) is 7.92. The molecule has 1 aliphatic rings. The molecule has 2 nitrogen and oxygen atoms in total. The van der Waals surface area contributed by atoms with E-state index in [9.17, 15) is 4.39 Å². The Hall–Kier alpha value is -1.56. The van der Waals surface area contributed by atoms with Gasteiger partial charge in [0.05, 0.1) is 17.3 Å². The van der Waals surface area contributed by atoms with Crippen LogP contribution in [0.1, 0.15) is 58.4 Å². The van der Waals surface area contributed by atoms with Gasteiger partial charge in [0.15, 0.2) is 0 Å². The molecule has 0 spiro atoms. The molecule has 3 heteroatoms. The molecule has 0 atom stereocenters. The number of rotatable bonds is 4. The third kappa shape index (κ3) is 3.75. The summed E-state index contributed by atoms with van der Waals surface area (Å²) >= 11 is 0. The Kier molecular flexibility index (Phi) is 4.88. The molecule has 0 bridgehead atoms. The van der Waals surface area contributed by atoms with Crippen molar-refractivity contribution in [2.24, 2.45) is 11.3 Å². The molecule has 0 aliphatic heterocycles. The Morgan fingerprint density at radius 1 is 1.29 bits per heavy atom. The van der Waals surface area contributed by atoms with Gasteiger partial charge >= 0.3 is 0 Å². The van der Waals surface area contributed by atoms with Gasteiger partial charge in [0.25, 0.3) is 0 Å². The Balaban J connectivity index is 1.94. The maximum Gasteiger partial charge on any atom is 0.147 e. The van der Waals surface area contributed by atoms with Gasteiger partial charge in [-0.15, -0.1) is 0 Å². The highest BCUT2D eigenvalue weighted by Gasteiger charge is 2.31. The molecule has 0 heterocycles. The molecular formula is C18H25FN2. The van der Waals surface area contributed by atoms with Crippen LogP contribution in [0.2, 0.25) is 0 Å². The summed E-state index contributed by atoms with van der Waals surface area (Å²) in [7, 11) is 0. The molecule has 1 N–H and O–H groups in total. The molecule has 1 aliphatic carbocycles. The first kappa shape index (κ1) is 15.8. The molecule has 0 unspecified atom stereocenters. The Morgan fingerprint density at radius 3 is 2.48 bits per heavy atom. The average Bonchev–Trinajstić information content (AvgIpc) is 2.50. The number of benzene rings is 1. The fraction of sp³-hybridized carbons (Fsp3) is 0.611. The van der Waals surface area contributed by atoms with E-state index in [-0.39, 0.29) is 5.82 Å². The predicted molar refractivity (Wildman–Crippen MR) is 84.6 cm³/mol. The van der Waals surface area contributed by atoms with Crippen molar-refractivity contribution in [3.05, 3.63) is 29.6 Å². The molecule has 114 valence electrons. The maximum atomic E-state index is 13.9. The first-order chi connectivity index (χ1) is 9.96. The molecule has 0 aromatic heterocycles. The van der Waals surface area contributed by atoms with E-state index in [0.29, 0.717) is 22.7 Å². The van der Waals surface area contributed by atoms with Gasteiger partial charge < -0.3 is 5.32 Å². The lowest BCUT2D eigenvalue weighted by molar-refractivity contribution is 0.147. The van der Waals surface area contributed by atoms with Gasteiger partial charge in [-0.3, -0.25) is 0 Å². The van der Waals surface area contributed by atoms with Crippen LogP contribution in [0.3, 0.4) is 0 Å². The minimum absolute atomic E-state index is 0.329. The third-order valence-electron chi connectivity index (χ3n) is 5.20. The zero-order valence-electron chi connectivity index (χ0n) is 13.2. The number of nitriles is 1. The van der Waals surface area contributed by atoms with E-state index in [1.165, 1.54) is 25.3 Å². The lowest BCUT2D eigenvalue weighted by Gasteiger charge is -2.39.